The zero-order valence-electron chi connectivity index (χ0n) is 14.8. The number of aliphatic hydroxyl groups is 1. The van der Waals surface area contributed by atoms with Gasteiger partial charge >= 0.3 is 0 Å². The lowest BCUT2D eigenvalue weighted by Crippen LogP contribution is -2.26. The number of hydrogen-bond donors (Lipinski definition) is 2. The molecule has 5 heteroatoms. The maximum atomic E-state index is 9.88. The van der Waals surface area contributed by atoms with Crippen LogP contribution in [0, 0.1) is 24.2 Å². The summed E-state index contributed by atoms with van der Waals surface area (Å²) in [5.41, 5.74) is 3.80. The molecule has 0 aliphatic heterocycles. The third-order valence-electron chi connectivity index (χ3n) is 4.42. The first-order valence-electron chi connectivity index (χ1n) is 8.40. The fraction of sp³-hybridized carbons (Fsp3) is 0.474. The van der Waals surface area contributed by atoms with Crippen molar-refractivity contribution in [1.82, 2.24) is 15.1 Å². The third kappa shape index (κ3) is 4.22. The smallest absolute Gasteiger partial charge is 0.0991 e. The maximum Gasteiger partial charge on any atom is 0.0991 e. The molecule has 1 aromatic heterocycles. The minimum absolute atomic E-state index is 0.163. The van der Waals surface area contributed by atoms with Gasteiger partial charge in [-0.15, -0.1) is 0 Å². The first-order chi connectivity index (χ1) is 11.4. The van der Waals surface area contributed by atoms with Crippen molar-refractivity contribution < 1.29 is 5.11 Å². The van der Waals surface area contributed by atoms with Crippen molar-refractivity contribution >= 4 is 0 Å². The van der Waals surface area contributed by atoms with Crippen LogP contribution in [0.1, 0.15) is 50.1 Å². The molecule has 2 N–H and O–H groups in total. The van der Waals surface area contributed by atoms with Crippen molar-refractivity contribution in [2.75, 3.05) is 6.54 Å². The summed E-state index contributed by atoms with van der Waals surface area (Å²) in [6.07, 6.45) is 2.35. The van der Waals surface area contributed by atoms with E-state index < -0.39 is 0 Å². The molecule has 0 saturated carbocycles. The highest BCUT2D eigenvalue weighted by molar-refractivity contribution is 5.40. The van der Waals surface area contributed by atoms with E-state index in [0.717, 1.165) is 29.9 Å². The van der Waals surface area contributed by atoms with Gasteiger partial charge in [0.15, 0.2) is 0 Å². The zero-order valence-corrected chi connectivity index (χ0v) is 14.8. The van der Waals surface area contributed by atoms with Gasteiger partial charge < -0.3 is 10.4 Å². The van der Waals surface area contributed by atoms with Crippen LogP contribution in [0.2, 0.25) is 0 Å². The topological polar surface area (TPSA) is 73.9 Å². The quantitative estimate of drug-likeness (QED) is 0.820. The molecule has 1 aromatic carbocycles. The molecule has 0 radical (unpaired) electrons. The molecule has 0 fully saturated rings. The second kappa shape index (κ2) is 8.09. The van der Waals surface area contributed by atoms with Crippen molar-refractivity contribution in [3.05, 3.63) is 47.3 Å². The molecule has 128 valence electrons. The second-order valence-electron chi connectivity index (χ2n) is 6.53. The largest absolute Gasteiger partial charge is 0.393 e. The molecular formula is C19H26N4O. The van der Waals surface area contributed by atoms with E-state index >= 15 is 0 Å². The minimum Gasteiger partial charge on any atom is -0.393 e. The van der Waals surface area contributed by atoms with Crippen LogP contribution in [-0.2, 0) is 0 Å². The van der Waals surface area contributed by atoms with Crippen LogP contribution in [-0.4, -0.2) is 27.5 Å². The molecule has 0 bridgehead atoms. The Bertz CT molecular complexity index is 697. The zero-order chi connectivity index (χ0) is 17.7. The molecule has 2 rings (SSSR count). The summed E-state index contributed by atoms with van der Waals surface area (Å²) in [6.45, 7) is 8.97. The summed E-state index contributed by atoms with van der Waals surface area (Å²) in [5, 5.41) is 26.7. The Morgan fingerprint density at radius 3 is 2.50 bits per heavy atom. The molecule has 2 unspecified atom stereocenters. The van der Waals surface area contributed by atoms with Gasteiger partial charge in [-0.2, -0.15) is 10.4 Å². The summed E-state index contributed by atoms with van der Waals surface area (Å²) >= 11 is 0. The minimum atomic E-state index is -0.271. The first-order valence-corrected chi connectivity index (χ1v) is 8.40. The Kier molecular flexibility index (Phi) is 6.13. The van der Waals surface area contributed by atoms with Crippen LogP contribution in [0.5, 0.6) is 0 Å². The lowest BCUT2D eigenvalue weighted by Gasteiger charge is -2.18. The van der Waals surface area contributed by atoms with Gasteiger partial charge in [0.2, 0.25) is 0 Å². The van der Waals surface area contributed by atoms with Crippen LogP contribution < -0.4 is 5.32 Å². The second-order valence-corrected chi connectivity index (χ2v) is 6.53. The van der Waals surface area contributed by atoms with Gasteiger partial charge in [-0.1, -0.05) is 13.8 Å². The summed E-state index contributed by atoms with van der Waals surface area (Å²) in [4.78, 5) is 0. The lowest BCUT2D eigenvalue weighted by molar-refractivity contribution is 0.115. The van der Waals surface area contributed by atoms with Gasteiger partial charge in [-0.3, -0.25) is 0 Å². The number of nitriles is 1. The van der Waals surface area contributed by atoms with E-state index in [0.29, 0.717) is 5.56 Å². The lowest BCUT2D eigenvalue weighted by atomic mass is 10.0. The fourth-order valence-corrected chi connectivity index (χ4v) is 2.68. The Hall–Kier alpha value is -2.16. The standard InChI is InChI=1S/C19H26N4O/c1-13(2)19(24)9-10-21-14(3)18-12-22-23(15(18)4)17-7-5-16(11-20)6-8-17/h5-8,12-14,19,21,24H,9-10H2,1-4H3. The fourth-order valence-electron chi connectivity index (χ4n) is 2.68. The van der Waals surface area contributed by atoms with Crippen LogP contribution in [0.25, 0.3) is 5.69 Å². The molecule has 0 aliphatic carbocycles. The third-order valence-corrected chi connectivity index (χ3v) is 4.42. The molecular weight excluding hydrogens is 300 g/mol. The monoisotopic (exact) mass is 326 g/mol. The molecule has 2 aromatic rings. The maximum absolute atomic E-state index is 9.88. The predicted octanol–water partition coefficient (Wildman–Crippen LogP) is 3.11. The molecule has 0 spiro atoms. The Balaban J connectivity index is 2.04. The highest BCUT2D eigenvalue weighted by atomic mass is 16.3. The van der Waals surface area contributed by atoms with Gasteiger partial charge in [-0.25, -0.2) is 4.68 Å². The summed E-state index contributed by atoms with van der Waals surface area (Å²) in [7, 11) is 0. The number of aromatic nitrogens is 2. The summed E-state index contributed by atoms with van der Waals surface area (Å²) in [5.74, 6) is 0.281. The van der Waals surface area contributed by atoms with Crippen molar-refractivity contribution in [2.24, 2.45) is 5.92 Å². The SMILES string of the molecule is Cc1c(C(C)NCCC(O)C(C)C)cnn1-c1ccc(C#N)cc1. The summed E-state index contributed by atoms with van der Waals surface area (Å²) in [6, 6.07) is 9.68. The van der Waals surface area contributed by atoms with Crippen molar-refractivity contribution in [1.29, 1.82) is 5.26 Å². The average molecular weight is 326 g/mol. The molecule has 5 nitrogen and oxygen atoms in total. The Labute approximate surface area is 143 Å². The van der Waals surface area contributed by atoms with Crippen molar-refractivity contribution in [3.8, 4) is 11.8 Å². The van der Waals surface area contributed by atoms with E-state index in [2.05, 4.69) is 23.4 Å². The van der Waals surface area contributed by atoms with Crippen LogP contribution in [0.4, 0.5) is 0 Å². The molecule has 1 heterocycles. The molecule has 24 heavy (non-hydrogen) atoms. The first kappa shape index (κ1) is 18.2. The van der Waals surface area contributed by atoms with E-state index in [4.69, 9.17) is 5.26 Å². The summed E-state index contributed by atoms with van der Waals surface area (Å²) < 4.78 is 1.89. The highest BCUT2D eigenvalue weighted by Crippen LogP contribution is 2.20. The van der Waals surface area contributed by atoms with Crippen LogP contribution in [0.15, 0.2) is 30.5 Å². The van der Waals surface area contributed by atoms with Gasteiger partial charge in [-0.05, 0) is 57.0 Å². The van der Waals surface area contributed by atoms with E-state index in [1.807, 2.05) is 43.8 Å². The molecule has 2 atom stereocenters. The number of nitrogens with one attached hydrogen (secondary N) is 1. The van der Waals surface area contributed by atoms with Crippen molar-refractivity contribution in [3.63, 3.8) is 0 Å². The molecule has 0 saturated heterocycles. The van der Waals surface area contributed by atoms with Gasteiger partial charge in [0.1, 0.15) is 0 Å². The normalized spacial score (nSPS) is 13.7. The van der Waals surface area contributed by atoms with Gasteiger partial charge in [0.25, 0.3) is 0 Å². The van der Waals surface area contributed by atoms with Gasteiger partial charge in [0, 0.05) is 17.3 Å². The van der Waals surface area contributed by atoms with E-state index in [-0.39, 0.29) is 18.1 Å². The van der Waals surface area contributed by atoms with Crippen LogP contribution in [0.3, 0.4) is 0 Å². The van der Waals surface area contributed by atoms with Crippen LogP contribution >= 0.6 is 0 Å². The molecule has 0 amide bonds. The van der Waals surface area contributed by atoms with E-state index in [1.54, 1.807) is 12.1 Å². The number of hydrogen-bond acceptors (Lipinski definition) is 4. The predicted molar refractivity (Wildman–Crippen MR) is 94.9 cm³/mol. The number of nitrogens with zero attached hydrogens (tertiary/aromatic N) is 3. The molecule has 0 aliphatic rings. The number of rotatable bonds is 7. The average Bonchev–Trinajstić information content (AvgIpc) is 2.96. The Morgan fingerprint density at radius 2 is 1.92 bits per heavy atom. The number of aliphatic hydroxyl groups excluding tert-OH is 1. The number of benzene rings is 1. The van der Waals surface area contributed by atoms with Gasteiger partial charge in [0.05, 0.1) is 29.6 Å². The highest BCUT2D eigenvalue weighted by Gasteiger charge is 2.15. The van der Waals surface area contributed by atoms with Crippen molar-refractivity contribution in [2.45, 2.75) is 46.3 Å². The van der Waals surface area contributed by atoms with E-state index in [9.17, 15) is 5.11 Å². The van der Waals surface area contributed by atoms with E-state index in [1.165, 1.54) is 0 Å². The Morgan fingerprint density at radius 1 is 1.25 bits per heavy atom.